The minimum absolute atomic E-state index is 0.0313. The maximum Gasteiger partial charge on any atom is 0.273 e. The first-order valence-electron chi connectivity index (χ1n) is 5.55. The van der Waals surface area contributed by atoms with Crippen molar-refractivity contribution >= 4 is 27.5 Å². The van der Waals surface area contributed by atoms with Crippen LogP contribution in [0.5, 0.6) is 0 Å². The van der Waals surface area contributed by atoms with Crippen LogP contribution in [0.4, 0.5) is 5.69 Å². The van der Waals surface area contributed by atoms with Crippen molar-refractivity contribution in [1.29, 1.82) is 0 Å². The van der Waals surface area contributed by atoms with Crippen molar-refractivity contribution in [2.24, 2.45) is 5.92 Å². The summed E-state index contributed by atoms with van der Waals surface area (Å²) in [5.41, 5.74) is 0.716. The summed E-state index contributed by atoms with van der Waals surface area (Å²) in [5, 5.41) is 14.3. The third-order valence-corrected chi connectivity index (χ3v) is 3.73. The van der Waals surface area contributed by atoms with Gasteiger partial charge in [0.2, 0.25) is 0 Å². The number of hydrogen-bond acceptors (Lipinski definition) is 3. The predicted octanol–water partition coefficient (Wildman–Crippen LogP) is 2.66. The standard InChI is InChI=1S/C12H15BrN2O3/c1-8(6-13)7-14-12(16)10-4-3-5-11(9(10)2)15(17)18/h3-5,8H,6-7H2,1-2H3,(H,14,16). The van der Waals surface area contributed by atoms with Crippen molar-refractivity contribution in [2.75, 3.05) is 11.9 Å². The molecule has 1 rings (SSSR count). The molecule has 0 radical (unpaired) electrons. The van der Waals surface area contributed by atoms with Gasteiger partial charge in [0.1, 0.15) is 0 Å². The zero-order valence-electron chi connectivity index (χ0n) is 10.3. The molecule has 6 heteroatoms. The number of hydrogen-bond donors (Lipinski definition) is 1. The van der Waals surface area contributed by atoms with E-state index < -0.39 is 4.92 Å². The highest BCUT2D eigenvalue weighted by Crippen LogP contribution is 2.20. The van der Waals surface area contributed by atoms with Crippen LogP contribution in [-0.2, 0) is 0 Å². The van der Waals surface area contributed by atoms with E-state index in [1.807, 2.05) is 6.92 Å². The van der Waals surface area contributed by atoms with Gasteiger partial charge in [-0.25, -0.2) is 0 Å². The molecule has 1 N–H and O–H groups in total. The first-order chi connectivity index (χ1) is 8.47. The van der Waals surface area contributed by atoms with Crippen molar-refractivity contribution in [3.8, 4) is 0 Å². The second-order valence-electron chi connectivity index (χ2n) is 4.18. The topological polar surface area (TPSA) is 72.2 Å². The van der Waals surface area contributed by atoms with Crippen LogP contribution < -0.4 is 5.32 Å². The summed E-state index contributed by atoms with van der Waals surface area (Å²) in [6, 6.07) is 4.51. The lowest BCUT2D eigenvalue weighted by molar-refractivity contribution is -0.385. The fourth-order valence-electron chi connectivity index (χ4n) is 1.48. The molecule has 1 aromatic rings. The van der Waals surface area contributed by atoms with Crippen LogP contribution in [0.1, 0.15) is 22.8 Å². The Kier molecular flexibility index (Phi) is 5.27. The highest BCUT2D eigenvalue weighted by molar-refractivity contribution is 9.09. The number of nitro groups is 1. The minimum atomic E-state index is -0.479. The molecule has 0 saturated heterocycles. The molecular weight excluding hydrogens is 300 g/mol. The summed E-state index contributed by atoms with van der Waals surface area (Å²) in [4.78, 5) is 22.2. The van der Waals surface area contributed by atoms with Crippen LogP contribution in [0.3, 0.4) is 0 Å². The third kappa shape index (κ3) is 3.53. The van der Waals surface area contributed by atoms with Gasteiger partial charge in [-0.2, -0.15) is 0 Å². The number of nitrogens with zero attached hydrogens (tertiary/aromatic N) is 1. The number of alkyl halides is 1. The Morgan fingerprint density at radius 3 is 2.78 bits per heavy atom. The molecule has 1 atom stereocenters. The molecule has 0 fully saturated rings. The summed E-state index contributed by atoms with van der Waals surface area (Å²) in [7, 11) is 0. The Balaban J connectivity index is 2.86. The van der Waals surface area contributed by atoms with E-state index in [0.29, 0.717) is 23.6 Å². The SMILES string of the molecule is Cc1c(C(=O)NCC(C)CBr)cccc1[N+](=O)[O-]. The van der Waals surface area contributed by atoms with E-state index in [1.54, 1.807) is 13.0 Å². The molecule has 1 amide bonds. The Morgan fingerprint density at radius 1 is 1.56 bits per heavy atom. The molecule has 18 heavy (non-hydrogen) atoms. The van der Waals surface area contributed by atoms with Crippen LogP contribution in [0.2, 0.25) is 0 Å². The fraction of sp³-hybridized carbons (Fsp3) is 0.417. The number of carbonyl (C=O) groups excluding carboxylic acids is 1. The zero-order chi connectivity index (χ0) is 13.7. The van der Waals surface area contributed by atoms with Crippen molar-refractivity contribution in [2.45, 2.75) is 13.8 Å². The molecule has 0 aliphatic rings. The summed E-state index contributed by atoms with van der Waals surface area (Å²) in [6.07, 6.45) is 0. The largest absolute Gasteiger partial charge is 0.352 e. The maximum atomic E-state index is 11.9. The molecule has 0 aromatic heterocycles. The number of nitrogens with one attached hydrogen (secondary N) is 1. The number of carbonyl (C=O) groups is 1. The summed E-state index contributed by atoms with van der Waals surface area (Å²) >= 11 is 3.33. The molecule has 0 aliphatic heterocycles. The molecule has 1 unspecified atom stereocenters. The molecule has 0 aliphatic carbocycles. The average molecular weight is 315 g/mol. The van der Waals surface area contributed by atoms with E-state index in [4.69, 9.17) is 0 Å². The predicted molar refractivity (Wildman–Crippen MR) is 73.1 cm³/mol. The average Bonchev–Trinajstić information content (AvgIpc) is 2.35. The molecule has 5 nitrogen and oxygen atoms in total. The Labute approximate surface area is 114 Å². The molecular formula is C12H15BrN2O3. The van der Waals surface area contributed by atoms with E-state index in [9.17, 15) is 14.9 Å². The molecule has 1 aromatic carbocycles. The first kappa shape index (κ1) is 14.6. The van der Waals surface area contributed by atoms with Gasteiger partial charge in [-0.05, 0) is 18.9 Å². The van der Waals surface area contributed by atoms with Gasteiger partial charge in [0.15, 0.2) is 0 Å². The monoisotopic (exact) mass is 314 g/mol. The Bertz CT molecular complexity index is 463. The van der Waals surface area contributed by atoms with Gasteiger partial charge in [-0.15, -0.1) is 0 Å². The van der Waals surface area contributed by atoms with Gasteiger partial charge in [0.25, 0.3) is 11.6 Å². The highest BCUT2D eigenvalue weighted by Gasteiger charge is 2.17. The van der Waals surface area contributed by atoms with Gasteiger partial charge in [-0.1, -0.05) is 28.9 Å². The lowest BCUT2D eigenvalue weighted by Crippen LogP contribution is -2.29. The van der Waals surface area contributed by atoms with Crippen LogP contribution in [0.25, 0.3) is 0 Å². The fourth-order valence-corrected chi connectivity index (χ4v) is 1.71. The zero-order valence-corrected chi connectivity index (χ0v) is 11.9. The van der Waals surface area contributed by atoms with E-state index in [2.05, 4.69) is 21.2 Å². The lowest BCUT2D eigenvalue weighted by atomic mass is 10.1. The van der Waals surface area contributed by atoms with Gasteiger partial charge >= 0.3 is 0 Å². The number of rotatable bonds is 5. The van der Waals surface area contributed by atoms with Crippen molar-refractivity contribution in [3.63, 3.8) is 0 Å². The van der Waals surface area contributed by atoms with E-state index in [0.717, 1.165) is 5.33 Å². The number of benzene rings is 1. The molecule has 0 spiro atoms. The summed E-state index contributed by atoms with van der Waals surface area (Å²) in [5.74, 6) is 0.0388. The molecule has 0 bridgehead atoms. The number of halogens is 1. The third-order valence-electron chi connectivity index (χ3n) is 2.62. The Hall–Kier alpha value is -1.43. The van der Waals surface area contributed by atoms with E-state index in [-0.39, 0.29) is 11.6 Å². The van der Waals surface area contributed by atoms with Crippen molar-refractivity contribution < 1.29 is 9.72 Å². The Morgan fingerprint density at radius 2 is 2.22 bits per heavy atom. The van der Waals surface area contributed by atoms with Gasteiger partial charge < -0.3 is 5.32 Å². The van der Waals surface area contributed by atoms with Gasteiger partial charge in [0, 0.05) is 29.1 Å². The van der Waals surface area contributed by atoms with Crippen LogP contribution >= 0.6 is 15.9 Å². The highest BCUT2D eigenvalue weighted by atomic mass is 79.9. The number of amides is 1. The van der Waals surface area contributed by atoms with E-state index in [1.165, 1.54) is 12.1 Å². The van der Waals surface area contributed by atoms with Crippen LogP contribution in [-0.4, -0.2) is 22.7 Å². The maximum absolute atomic E-state index is 11.9. The smallest absolute Gasteiger partial charge is 0.273 e. The quantitative estimate of drug-likeness (QED) is 0.516. The normalized spacial score (nSPS) is 11.9. The van der Waals surface area contributed by atoms with Gasteiger partial charge in [0.05, 0.1) is 4.92 Å². The molecule has 0 saturated carbocycles. The van der Waals surface area contributed by atoms with Crippen LogP contribution in [0.15, 0.2) is 18.2 Å². The summed E-state index contributed by atoms with van der Waals surface area (Å²) < 4.78 is 0. The van der Waals surface area contributed by atoms with Crippen LogP contribution in [0, 0.1) is 23.0 Å². The van der Waals surface area contributed by atoms with E-state index >= 15 is 0 Å². The van der Waals surface area contributed by atoms with Crippen molar-refractivity contribution in [1.82, 2.24) is 5.32 Å². The lowest BCUT2D eigenvalue weighted by Gasteiger charge is -2.11. The van der Waals surface area contributed by atoms with Gasteiger partial charge in [-0.3, -0.25) is 14.9 Å². The van der Waals surface area contributed by atoms with Crippen molar-refractivity contribution in [3.05, 3.63) is 39.4 Å². The second kappa shape index (κ2) is 6.49. The minimum Gasteiger partial charge on any atom is -0.352 e. The molecule has 98 valence electrons. The summed E-state index contributed by atoms with van der Waals surface area (Å²) in [6.45, 7) is 4.11. The number of nitro benzene ring substituents is 1. The second-order valence-corrected chi connectivity index (χ2v) is 4.82. The first-order valence-corrected chi connectivity index (χ1v) is 6.67. The molecule has 0 heterocycles.